The number of fused-ring (bicyclic) bond motifs is 2. The number of anilines is 1. The van der Waals surface area contributed by atoms with E-state index in [2.05, 4.69) is 22.5 Å². The van der Waals surface area contributed by atoms with E-state index in [1.54, 1.807) is 41.0 Å². The van der Waals surface area contributed by atoms with Crippen LogP contribution in [0.15, 0.2) is 131 Å². The molecule has 0 bridgehead atoms. The number of benzene rings is 5. The average Bonchev–Trinajstić information content (AvgIpc) is 3.51. The Kier molecular flexibility index (Phi) is 10.3. The van der Waals surface area contributed by atoms with Gasteiger partial charge in [-0.3, -0.25) is 14.4 Å². The first-order valence-corrected chi connectivity index (χ1v) is 19.7. The van der Waals surface area contributed by atoms with E-state index in [-0.39, 0.29) is 38.6 Å². The Morgan fingerprint density at radius 1 is 0.870 bits per heavy atom. The molecule has 276 valence electrons. The quantitative estimate of drug-likeness (QED) is 0.144. The Labute approximate surface area is 319 Å². The summed E-state index contributed by atoms with van der Waals surface area (Å²) < 4.78 is 29.1. The van der Waals surface area contributed by atoms with Crippen molar-refractivity contribution < 1.29 is 22.8 Å². The van der Waals surface area contributed by atoms with Crippen molar-refractivity contribution in [1.82, 2.24) is 20.5 Å². The van der Waals surface area contributed by atoms with Crippen LogP contribution >= 0.6 is 11.6 Å². The summed E-state index contributed by atoms with van der Waals surface area (Å²) in [4.78, 5) is 45.7. The summed E-state index contributed by atoms with van der Waals surface area (Å²) >= 11 is 7.13. The number of hydrogen-bond donors (Lipinski definition) is 3. The molecule has 5 aromatic carbocycles. The van der Waals surface area contributed by atoms with Crippen molar-refractivity contribution in [2.45, 2.75) is 50.1 Å². The average molecular weight is 762 g/mol. The number of unbranched alkanes of at least 4 members (excludes halogenated alkanes) is 1. The highest BCUT2D eigenvalue weighted by atomic mass is 35.5. The fourth-order valence-corrected chi connectivity index (χ4v) is 8.29. The molecule has 2 heterocycles. The summed E-state index contributed by atoms with van der Waals surface area (Å²) in [7, 11) is -4.28. The molecule has 3 N–H and O–H groups in total. The van der Waals surface area contributed by atoms with E-state index in [9.17, 15) is 22.8 Å². The van der Waals surface area contributed by atoms with Crippen LogP contribution in [0.4, 0.5) is 5.69 Å². The van der Waals surface area contributed by atoms with Gasteiger partial charge in [0.2, 0.25) is 0 Å². The number of para-hydroxylation sites is 1. The van der Waals surface area contributed by atoms with Gasteiger partial charge in [-0.15, -0.1) is 0 Å². The van der Waals surface area contributed by atoms with E-state index in [0.717, 1.165) is 35.0 Å². The van der Waals surface area contributed by atoms with Gasteiger partial charge in [0.15, 0.2) is 0 Å². The summed E-state index contributed by atoms with van der Waals surface area (Å²) in [6.07, 6.45) is 2.29. The molecule has 7 rings (SSSR count). The molecule has 0 saturated carbocycles. The van der Waals surface area contributed by atoms with Gasteiger partial charge in [0.05, 0.1) is 15.5 Å². The summed E-state index contributed by atoms with van der Waals surface area (Å²) in [6.45, 7) is 5.05. The van der Waals surface area contributed by atoms with Crippen molar-refractivity contribution in [3.05, 3.63) is 154 Å². The van der Waals surface area contributed by atoms with Crippen LogP contribution < -0.4 is 20.5 Å². The van der Waals surface area contributed by atoms with E-state index in [1.165, 1.54) is 24.3 Å². The number of nitrogens with one attached hydrogen (secondary N) is 3. The second-order valence-corrected chi connectivity index (χ2v) is 15.7. The maximum Gasteiger partial charge on any atom is 0.276 e. The predicted molar refractivity (Wildman–Crippen MR) is 210 cm³/mol. The van der Waals surface area contributed by atoms with Gasteiger partial charge in [-0.1, -0.05) is 104 Å². The Balaban J connectivity index is 1.25. The number of amides is 3. The minimum Gasteiger partial charge on any atom is -0.334 e. The number of hydrogen-bond acceptors (Lipinski definition) is 7. The summed E-state index contributed by atoms with van der Waals surface area (Å²) in [5.41, 5.74) is 8.40. The van der Waals surface area contributed by atoms with Gasteiger partial charge in [-0.05, 0) is 83.6 Å². The highest BCUT2D eigenvalue weighted by Gasteiger charge is 2.44. The zero-order valence-corrected chi connectivity index (χ0v) is 31.5. The molecule has 0 fully saturated rings. The molecular weight excluding hydrogens is 722 g/mol. The van der Waals surface area contributed by atoms with Crippen LogP contribution in [0.2, 0.25) is 0 Å². The van der Waals surface area contributed by atoms with E-state index in [4.69, 9.17) is 11.6 Å². The normalized spacial score (nSPS) is 16.8. The molecular formula is C42H40ClN5O5S. The summed E-state index contributed by atoms with van der Waals surface area (Å²) in [5, 5.41) is 1.70. The van der Waals surface area contributed by atoms with Gasteiger partial charge >= 0.3 is 0 Å². The predicted octanol–water partition coefficient (Wildman–Crippen LogP) is 6.76. The fourth-order valence-electron chi connectivity index (χ4n) is 7.00. The first kappa shape index (κ1) is 36.9. The smallest absolute Gasteiger partial charge is 0.276 e. The van der Waals surface area contributed by atoms with Gasteiger partial charge in [-0.2, -0.15) is 0 Å². The number of halogens is 1. The third-order valence-corrected chi connectivity index (χ3v) is 12.0. The standard InChI is InChI=1S/C42H40ClN5O5S/c1-3-4-23-48(33-16-6-5-7-17-33)41(51)37-38(43)42(2,46-44-37)36-21-19-31(26-35(36)40(50)47-24-22-29-13-9-11-15-32(29)27-47)39(49)45-54(52,53)34-20-18-28-12-8-10-14-30(28)25-34/h5-21,25-26,44,46H,3-4,22-24,27H2,1-2H3,(H,45,49). The molecule has 0 saturated heterocycles. The van der Waals surface area contributed by atoms with Crippen LogP contribution in [-0.2, 0) is 33.3 Å². The highest BCUT2D eigenvalue weighted by Crippen LogP contribution is 2.40. The van der Waals surface area contributed by atoms with Crippen molar-refractivity contribution in [3.8, 4) is 0 Å². The molecule has 1 atom stereocenters. The maximum atomic E-state index is 14.6. The number of hydrazine groups is 1. The Morgan fingerprint density at radius 2 is 1.57 bits per heavy atom. The van der Waals surface area contributed by atoms with Gasteiger partial charge in [0.25, 0.3) is 27.7 Å². The second-order valence-electron chi connectivity index (χ2n) is 13.7. The van der Waals surface area contributed by atoms with Crippen molar-refractivity contribution in [2.75, 3.05) is 18.0 Å². The fraction of sp³-hybridized carbons (Fsp3) is 0.214. The van der Waals surface area contributed by atoms with E-state index in [1.807, 2.05) is 66.7 Å². The van der Waals surface area contributed by atoms with Crippen LogP contribution in [0.3, 0.4) is 0 Å². The van der Waals surface area contributed by atoms with Crippen molar-refractivity contribution in [2.24, 2.45) is 0 Å². The third kappa shape index (κ3) is 7.10. The van der Waals surface area contributed by atoms with E-state index >= 15 is 0 Å². The van der Waals surface area contributed by atoms with Crippen molar-refractivity contribution in [3.63, 3.8) is 0 Å². The number of sulfonamides is 1. The summed E-state index contributed by atoms with van der Waals surface area (Å²) in [5.74, 6) is -1.61. The van der Waals surface area contributed by atoms with Gasteiger partial charge < -0.3 is 15.2 Å². The van der Waals surface area contributed by atoms with Crippen LogP contribution in [-0.4, -0.2) is 44.1 Å². The maximum absolute atomic E-state index is 14.6. The number of nitrogens with zero attached hydrogens (tertiary/aromatic N) is 2. The highest BCUT2D eigenvalue weighted by molar-refractivity contribution is 7.90. The molecule has 1 unspecified atom stereocenters. The molecule has 54 heavy (non-hydrogen) atoms. The number of rotatable bonds is 10. The SMILES string of the molecule is CCCCN(C(=O)C1=C(Cl)C(C)(c2ccc(C(=O)NS(=O)(=O)c3ccc4ccccc4c3)cc2C(=O)N2CCc3ccccc3C2)NN1)c1ccccc1. The molecule has 5 aromatic rings. The van der Waals surface area contributed by atoms with Gasteiger partial charge in [0.1, 0.15) is 5.70 Å². The lowest BCUT2D eigenvalue weighted by Gasteiger charge is -2.32. The van der Waals surface area contributed by atoms with Crippen LogP contribution in [0.5, 0.6) is 0 Å². The number of carbonyl (C=O) groups excluding carboxylic acids is 3. The molecule has 2 aliphatic rings. The lowest BCUT2D eigenvalue weighted by Crippen LogP contribution is -2.44. The molecule has 0 aliphatic carbocycles. The molecule has 0 spiro atoms. The van der Waals surface area contributed by atoms with Crippen LogP contribution in [0.1, 0.15) is 64.1 Å². The number of carbonyl (C=O) groups is 3. The zero-order chi connectivity index (χ0) is 38.0. The van der Waals surface area contributed by atoms with Gasteiger partial charge in [0, 0.05) is 36.4 Å². The largest absolute Gasteiger partial charge is 0.334 e. The second kappa shape index (κ2) is 15.1. The molecule has 3 amide bonds. The van der Waals surface area contributed by atoms with E-state index in [0.29, 0.717) is 37.0 Å². The third-order valence-electron chi connectivity index (χ3n) is 10.1. The lowest BCUT2D eigenvalue weighted by atomic mass is 9.86. The molecule has 2 aliphatic heterocycles. The molecule has 10 nitrogen and oxygen atoms in total. The minimum absolute atomic E-state index is 0.0374. The lowest BCUT2D eigenvalue weighted by molar-refractivity contribution is -0.115. The minimum atomic E-state index is -4.28. The monoisotopic (exact) mass is 761 g/mol. The molecule has 12 heteroatoms. The summed E-state index contributed by atoms with van der Waals surface area (Å²) in [6, 6.07) is 33.6. The van der Waals surface area contributed by atoms with Crippen LogP contribution in [0.25, 0.3) is 10.8 Å². The first-order valence-electron chi connectivity index (χ1n) is 17.9. The van der Waals surface area contributed by atoms with E-state index < -0.39 is 21.5 Å². The molecule has 0 radical (unpaired) electrons. The van der Waals surface area contributed by atoms with Crippen molar-refractivity contribution >= 4 is 55.8 Å². The Bertz CT molecular complexity index is 2420. The first-order chi connectivity index (χ1) is 26.0. The molecule has 0 aromatic heterocycles. The topological polar surface area (TPSA) is 128 Å². The Hall–Kier alpha value is -5.49. The van der Waals surface area contributed by atoms with Crippen LogP contribution in [0, 0.1) is 0 Å². The Morgan fingerprint density at radius 3 is 2.33 bits per heavy atom. The van der Waals surface area contributed by atoms with Crippen molar-refractivity contribution in [1.29, 1.82) is 0 Å². The van der Waals surface area contributed by atoms with Gasteiger partial charge in [-0.25, -0.2) is 18.6 Å². The zero-order valence-electron chi connectivity index (χ0n) is 29.9.